The Balaban J connectivity index is 3.18. The number of nitrogens with one attached hydrogen (secondary N) is 1. The molecule has 0 saturated heterocycles. The number of halogens is 2. The lowest BCUT2D eigenvalue weighted by Gasteiger charge is -2.04. The highest BCUT2D eigenvalue weighted by atomic mass is 19.1. The highest BCUT2D eigenvalue weighted by Crippen LogP contribution is 2.19. The predicted molar refractivity (Wildman–Crippen MR) is 39.7 cm³/mol. The van der Waals surface area contributed by atoms with E-state index >= 15 is 0 Å². The van der Waals surface area contributed by atoms with Crippen LogP contribution < -0.4 is 10.5 Å². The molecule has 0 fully saturated rings. The third kappa shape index (κ3) is 1.53. The Morgan fingerprint density at radius 1 is 1.33 bits per heavy atom. The highest BCUT2D eigenvalue weighted by molar-refractivity contribution is 5.30. The van der Waals surface area contributed by atoms with Crippen molar-refractivity contribution in [3.05, 3.63) is 29.3 Å². The molecule has 0 atom stereocenters. The minimum absolute atomic E-state index is 0.127. The molecule has 1 N–H and O–H groups in total. The number of rotatable bonds is 2. The van der Waals surface area contributed by atoms with Gasteiger partial charge in [0.2, 0.25) is 0 Å². The molecule has 1 aromatic carbocycles. The van der Waals surface area contributed by atoms with Gasteiger partial charge in [0, 0.05) is 24.2 Å². The molecular formula is C8H8F2NO. The minimum Gasteiger partial charge on any atom is -0.497 e. The molecule has 0 aliphatic carbocycles. The molecule has 0 saturated carbocycles. The maximum absolute atomic E-state index is 12.9. The van der Waals surface area contributed by atoms with E-state index < -0.39 is 18.2 Å². The Labute approximate surface area is 68.9 Å². The van der Waals surface area contributed by atoms with E-state index in [4.69, 9.17) is 5.73 Å². The molecule has 0 aliphatic heterocycles. The van der Waals surface area contributed by atoms with Crippen LogP contribution in [0.2, 0.25) is 0 Å². The second-order valence-corrected chi connectivity index (χ2v) is 2.25. The highest BCUT2D eigenvalue weighted by Gasteiger charge is 2.09. The van der Waals surface area contributed by atoms with Gasteiger partial charge in [-0.15, -0.1) is 0 Å². The molecule has 0 aliphatic rings. The van der Waals surface area contributed by atoms with Crippen LogP contribution in [0.4, 0.5) is 8.78 Å². The number of hydrogen-bond acceptors (Lipinski definition) is 1. The molecule has 1 rings (SSSR count). The Morgan fingerprint density at radius 2 is 1.83 bits per heavy atom. The van der Waals surface area contributed by atoms with Crippen LogP contribution in [0.15, 0.2) is 12.1 Å². The summed E-state index contributed by atoms with van der Waals surface area (Å²) >= 11 is 0. The number of methoxy groups -OCH3 is 1. The van der Waals surface area contributed by atoms with Gasteiger partial charge in [-0.1, -0.05) is 0 Å². The van der Waals surface area contributed by atoms with E-state index in [-0.39, 0.29) is 11.3 Å². The molecule has 4 heteroatoms. The number of ether oxygens (including phenoxy) is 1. The monoisotopic (exact) mass is 172 g/mol. The van der Waals surface area contributed by atoms with E-state index in [0.717, 1.165) is 12.1 Å². The standard InChI is InChI=1S/C8H8F2NO/c1-12-5-2-7(9)6(4-11)8(10)3-5/h2-3,11H,4H2,1H3. The van der Waals surface area contributed by atoms with Gasteiger partial charge in [-0.3, -0.25) is 5.73 Å². The van der Waals surface area contributed by atoms with Crippen molar-refractivity contribution in [2.75, 3.05) is 7.11 Å². The largest absolute Gasteiger partial charge is 0.497 e. The fraction of sp³-hybridized carbons (Fsp3) is 0.250. The molecule has 0 unspecified atom stereocenters. The fourth-order valence-corrected chi connectivity index (χ4v) is 0.867. The third-order valence-electron chi connectivity index (χ3n) is 1.53. The van der Waals surface area contributed by atoms with Crippen molar-refractivity contribution < 1.29 is 13.5 Å². The zero-order valence-electron chi connectivity index (χ0n) is 6.53. The van der Waals surface area contributed by atoms with Gasteiger partial charge in [0.05, 0.1) is 7.11 Å². The molecule has 0 bridgehead atoms. The summed E-state index contributed by atoms with van der Waals surface area (Å²) in [6, 6.07) is 2.12. The van der Waals surface area contributed by atoms with Crippen LogP contribution in [0.5, 0.6) is 5.75 Å². The normalized spacial score (nSPS) is 10.0. The second-order valence-electron chi connectivity index (χ2n) is 2.25. The van der Waals surface area contributed by atoms with Crippen molar-refractivity contribution in [3.8, 4) is 5.75 Å². The maximum Gasteiger partial charge on any atom is 0.134 e. The molecule has 65 valence electrons. The van der Waals surface area contributed by atoms with Crippen molar-refractivity contribution in [1.82, 2.24) is 5.73 Å². The van der Waals surface area contributed by atoms with E-state index in [0.29, 0.717) is 0 Å². The molecule has 1 aromatic rings. The van der Waals surface area contributed by atoms with Gasteiger partial charge in [-0.25, -0.2) is 8.78 Å². The lowest BCUT2D eigenvalue weighted by molar-refractivity contribution is 0.405. The zero-order chi connectivity index (χ0) is 9.14. The average Bonchev–Trinajstić information content (AvgIpc) is 2.03. The lowest BCUT2D eigenvalue weighted by Crippen LogP contribution is -1.97. The van der Waals surface area contributed by atoms with Crippen LogP contribution in [0.1, 0.15) is 5.56 Å². The first-order chi connectivity index (χ1) is 5.69. The Kier molecular flexibility index (Phi) is 2.60. The SMILES string of the molecule is COc1cc(F)c(C[NH])c(F)c1. The molecule has 0 heterocycles. The van der Waals surface area contributed by atoms with Crippen molar-refractivity contribution in [3.63, 3.8) is 0 Å². The van der Waals surface area contributed by atoms with Crippen molar-refractivity contribution in [2.45, 2.75) is 6.54 Å². The first kappa shape index (κ1) is 8.93. The summed E-state index contributed by atoms with van der Waals surface area (Å²) in [5.74, 6) is -1.34. The quantitative estimate of drug-likeness (QED) is 0.669. The number of hydrogen-bond donors (Lipinski definition) is 0. The summed E-state index contributed by atoms with van der Waals surface area (Å²) in [7, 11) is 1.33. The third-order valence-corrected chi connectivity index (χ3v) is 1.53. The van der Waals surface area contributed by atoms with Crippen molar-refractivity contribution in [2.24, 2.45) is 0 Å². The van der Waals surface area contributed by atoms with Crippen molar-refractivity contribution >= 4 is 0 Å². The van der Waals surface area contributed by atoms with Gasteiger partial charge in [-0.2, -0.15) is 0 Å². The molecule has 0 amide bonds. The first-order valence-corrected chi connectivity index (χ1v) is 3.35. The van der Waals surface area contributed by atoms with Crippen LogP contribution in [-0.2, 0) is 6.54 Å². The van der Waals surface area contributed by atoms with E-state index in [1.807, 2.05) is 0 Å². The van der Waals surface area contributed by atoms with Crippen LogP contribution >= 0.6 is 0 Å². The van der Waals surface area contributed by atoms with E-state index in [2.05, 4.69) is 4.74 Å². The van der Waals surface area contributed by atoms with Gasteiger partial charge in [-0.05, 0) is 0 Å². The molecule has 2 nitrogen and oxygen atoms in total. The van der Waals surface area contributed by atoms with Crippen molar-refractivity contribution in [1.29, 1.82) is 0 Å². The van der Waals surface area contributed by atoms with Crippen LogP contribution in [0.25, 0.3) is 0 Å². The van der Waals surface area contributed by atoms with Gasteiger partial charge in [0.15, 0.2) is 0 Å². The molecule has 12 heavy (non-hydrogen) atoms. The summed E-state index contributed by atoms with van der Waals surface area (Å²) in [5.41, 5.74) is 6.61. The topological polar surface area (TPSA) is 33.0 Å². The smallest absolute Gasteiger partial charge is 0.134 e. The maximum atomic E-state index is 12.9. The minimum atomic E-state index is -0.734. The first-order valence-electron chi connectivity index (χ1n) is 3.35. The fourth-order valence-electron chi connectivity index (χ4n) is 0.867. The van der Waals surface area contributed by atoms with Gasteiger partial charge in [0.1, 0.15) is 17.4 Å². The zero-order valence-corrected chi connectivity index (χ0v) is 6.53. The summed E-state index contributed by atoms with van der Waals surface area (Å²) in [6.45, 7) is -0.401. The van der Waals surface area contributed by atoms with Gasteiger partial charge in [0.25, 0.3) is 0 Å². The Morgan fingerprint density at radius 3 is 2.17 bits per heavy atom. The van der Waals surface area contributed by atoms with Crippen LogP contribution in [0.3, 0.4) is 0 Å². The molecular weight excluding hydrogens is 164 g/mol. The van der Waals surface area contributed by atoms with E-state index in [1.54, 1.807) is 0 Å². The molecule has 0 aromatic heterocycles. The number of benzene rings is 1. The summed E-state index contributed by atoms with van der Waals surface area (Å²) in [4.78, 5) is 0. The Bertz CT molecular complexity index is 265. The van der Waals surface area contributed by atoms with Gasteiger partial charge >= 0.3 is 0 Å². The summed E-state index contributed by atoms with van der Waals surface area (Å²) in [6.07, 6.45) is 0. The van der Waals surface area contributed by atoms with Crippen LogP contribution in [0, 0.1) is 11.6 Å². The Hall–Kier alpha value is -1.16. The van der Waals surface area contributed by atoms with Crippen LogP contribution in [-0.4, -0.2) is 7.11 Å². The predicted octanol–water partition coefficient (Wildman–Crippen LogP) is 1.76. The molecule has 1 radical (unpaired) electrons. The van der Waals surface area contributed by atoms with E-state index in [1.165, 1.54) is 7.11 Å². The summed E-state index contributed by atoms with van der Waals surface area (Å²) < 4.78 is 30.4. The lowest BCUT2D eigenvalue weighted by atomic mass is 10.2. The van der Waals surface area contributed by atoms with Gasteiger partial charge < -0.3 is 4.74 Å². The molecule has 0 spiro atoms. The summed E-state index contributed by atoms with van der Waals surface area (Å²) in [5, 5.41) is 0. The average molecular weight is 172 g/mol. The van der Waals surface area contributed by atoms with E-state index in [9.17, 15) is 8.78 Å². The second kappa shape index (κ2) is 3.49.